The lowest BCUT2D eigenvalue weighted by molar-refractivity contribution is -0.306. The van der Waals surface area contributed by atoms with Crippen LogP contribution >= 0.6 is 0 Å². The third kappa shape index (κ3) is 3.35. The van der Waals surface area contributed by atoms with E-state index < -0.39 is 12.0 Å². The smallest absolute Gasteiger partial charge is 0.255 e. The van der Waals surface area contributed by atoms with Gasteiger partial charge in [0.25, 0.3) is 5.91 Å². The zero-order chi connectivity index (χ0) is 18.7. The van der Waals surface area contributed by atoms with Gasteiger partial charge in [0.05, 0.1) is 19.8 Å². The number of fused-ring (bicyclic) bond motifs is 1. The van der Waals surface area contributed by atoms with E-state index in [0.29, 0.717) is 35.8 Å². The summed E-state index contributed by atoms with van der Waals surface area (Å²) in [5.74, 6) is -0.329. The minimum atomic E-state index is -1.22. The number of benzene rings is 2. The molecular weight excluding hydrogens is 334 g/mol. The van der Waals surface area contributed by atoms with Crippen LogP contribution < -0.4 is 14.6 Å². The third-order valence-corrected chi connectivity index (χ3v) is 4.46. The number of nitrogens with zero attached hydrogens (tertiary/aromatic N) is 1. The largest absolute Gasteiger partial charge is 0.550 e. The van der Waals surface area contributed by atoms with E-state index in [9.17, 15) is 14.7 Å². The second kappa shape index (κ2) is 7.47. The van der Waals surface area contributed by atoms with Crippen LogP contribution in [0.2, 0.25) is 0 Å². The minimum absolute atomic E-state index is 0.181. The van der Waals surface area contributed by atoms with Gasteiger partial charge in [-0.05, 0) is 36.2 Å². The average Bonchev–Trinajstić information content (AvgIpc) is 2.97. The number of amides is 1. The van der Waals surface area contributed by atoms with Crippen molar-refractivity contribution < 1.29 is 24.2 Å². The van der Waals surface area contributed by atoms with Crippen molar-refractivity contribution in [1.82, 2.24) is 4.90 Å². The second-order valence-electron chi connectivity index (χ2n) is 6.03. The summed E-state index contributed by atoms with van der Waals surface area (Å²) in [5, 5.41) is 11.3. The first kappa shape index (κ1) is 17.8. The number of carbonyl (C=O) groups excluding carboxylic acids is 2. The van der Waals surface area contributed by atoms with E-state index in [4.69, 9.17) is 9.47 Å². The molecule has 1 heterocycles. The predicted octanol–water partition coefficient (Wildman–Crippen LogP) is 1.93. The highest BCUT2D eigenvalue weighted by Crippen LogP contribution is 2.37. The van der Waals surface area contributed by atoms with Crippen LogP contribution in [0, 0.1) is 0 Å². The van der Waals surface area contributed by atoms with Crippen LogP contribution in [0.3, 0.4) is 0 Å². The highest BCUT2D eigenvalue weighted by Gasteiger charge is 2.33. The molecule has 1 aliphatic heterocycles. The van der Waals surface area contributed by atoms with Gasteiger partial charge in [0.1, 0.15) is 0 Å². The number of hydrogen-bond donors (Lipinski definition) is 0. The first-order valence-corrected chi connectivity index (χ1v) is 8.44. The van der Waals surface area contributed by atoms with Crippen molar-refractivity contribution in [2.75, 3.05) is 13.7 Å². The lowest BCUT2D eigenvalue weighted by atomic mass is 10.0. The molecule has 26 heavy (non-hydrogen) atoms. The number of aliphatic carboxylic acids is 1. The third-order valence-electron chi connectivity index (χ3n) is 4.46. The summed E-state index contributed by atoms with van der Waals surface area (Å²) in [6.07, 6.45) is -0.295. The van der Waals surface area contributed by atoms with Gasteiger partial charge in [0.2, 0.25) is 0 Å². The molecule has 1 amide bonds. The second-order valence-corrected chi connectivity index (χ2v) is 6.03. The molecule has 6 nitrogen and oxygen atoms in total. The van der Waals surface area contributed by atoms with Gasteiger partial charge >= 0.3 is 0 Å². The minimum Gasteiger partial charge on any atom is -0.550 e. The van der Waals surface area contributed by atoms with E-state index in [-0.39, 0.29) is 12.3 Å². The van der Waals surface area contributed by atoms with Crippen LogP contribution in [0.5, 0.6) is 11.5 Å². The van der Waals surface area contributed by atoms with Gasteiger partial charge in [0, 0.05) is 24.5 Å². The van der Waals surface area contributed by atoms with Crippen molar-refractivity contribution in [2.45, 2.75) is 25.9 Å². The summed E-state index contributed by atoms with van der Waals surface area (Å²) in [6.45, 7) is 2.72. The molecule has 3 rings (SSSR count). The normalized spacial score (nSPS) is 14.1. The van der Waals surface area contributed by atoms with E-state index in [0.717, 1.165) is 5.56 Å². The van der Waals surface area contributed by atoms with Crippen molar-refractivity contribution in [3.05, 3.63) is 59.2 Å². The van der Waals surface area contributed by atoms with Gasteiger partial charge < -0.3 is 24.3 Å². The van der Waals surface area contributed by atoms with E-state index in [1.54, 1.807) is 35.2 Å². The Morgan fingerprint density at radius 2 is 2.00 bits per heavy atom. The maximum Gasteiger partial charge on any atom is 0.255 e. The molecule has 0 N–H and O–H groups in total. The fraction of sp³-hybridized carbons (Fsp3) is 0.300. The summed E-state index contributed by atoms with van der Waals surface area (Å²) < 4.78 is 10.9. The van der Waals surface area contributed by atoms with Gasteiger partial charge in [-0.2, -0.15) is 0 Å². The highest BCUT2D eigenvalue weighted by molar-refractivity contribution is 5.98. The zero-order valence-corrected chi connectivity index (χ0v) is 14.7. The number of carbonyl (C=O) groups is 2. The Balaban J connectivity index is 1.97. The number of hydrogen-bond acceptors (Lipinski definition) is 5. The summed E-state index contributed by atoms with van der Waals surface area (Å²) in [4.78, 5) is 25.7. The summed E-state index contributed by atoms with van der Waals surface area (Å²) in [5.41, 5.74) is 2.16. The molecule has 0 aliphatic carbocycles. The number of ether oxygens (including phenoxy) is 2. The molecule has 0 radical (unpaired) electrons. The number of carboxylic acid groups (broad SMARTS) is 1. The van der Waals surface area contributed by atoms with Crippen molar-refractivity contribution >= 4 is 11.9 Å². The van der Waals surface area contributed by atoms with Crippen LogP contribution in [-0.4, -0.2) is 30.5 Å². The van der Waals surface area contributed by atoms with Crippen LogP contribution in [-0.2, 0) is 11.3 Å². The van der Waals surface area contributed by atoms with Gasteiger partial charge in [0.15, 0.2) is 11.5 Å². The molecular formula is C20H20NO5-. The molecule has 1 atom stereocenters. The maximum atomic E-state index is 12.8. The van der Waals surface area contributed by atoms with Crippen LogP contribution in [0.15, 0.2) is 42.5 Å². The van der Waals surface area contributed by atoms with Gasteiger partial charge in [-0.1, -0.05) is 24.3 Å². The molecule has 0 bridgehead atoms. The Morgan fingerprint density at radius 3 is 2.65 bits per heavy atom. The molecule has 136 valence electrons. The van der Waals surface area contributed by atoms with E-state index in [1.165, 1.54) is 7.11 Å². The fourth-order valence-corrected chi connectivity index (χ4v) is 3.26. The molecule has 6 heteroatoms. The Bertz CT molecular complexity index is 833. The summed E-state index contributed by atoms with van der Waals surface area (Å²) >= 11 is 0. The van der Waals surface area contributed by atoms with E-state index in [1.807, 2.05) is 19.1 Å². The predicted molar refractivity (Wildman–Crippen MR) is 92.8 cm³/mol. The van der Waals surface area contributed by atoms with Crippen molar-refractivity contribution in [2.24, 2.45) is 0 Å². The monoisotopic (exact) mass is 354 g/mol. The first-order valence-electron chi connectivity index (χ1n) is 8.44. The lowest BCUT2D eigenvalue weighted by Crippen LogP contribution is -2.34. The van der Waals surface area contributed by atoms with E-state index in [2.05, 4.69) is 0 Å². The molecule has 0 unspecified atom stereocenters. The van der Waals surface area contributed by atoms with Crippen LogP contribution in [0.4, 0.5) is 0 Å². The van der Waals surface area contributed by atoms with Gasteiger partial charge in [-0.25, -0.2) is 0 Å². The zero-order valence-electron chi connectivity index (χ0n) is 14.7. The Labute approximate surface area is 152 Å². The standard InChI is InChI=1S/C20H21NO5/c1-3-26-17-9-8-13(10-18(17)25-2)16(11-19(22)23)21-12-14-6-4-5-7-15(14)20(21)24/h4-10,16H,3,11-12H2,1-2H3,(H,22,23)/p-1/t16-/m0/s1. The molecule has 0 aromatic heterocycles. The molecule has 2 aromatic rings. The number of carboxylic acids is 1. The Morgan fingerprint density at radius 1 is 1.23 bits per heavy atom. The maximum absolute atomic E-state index is 12.8. The molecule has 2 aromatic carbocycles. The molecule has 0 spiro atoms. The topological polar surface area (TPSA) is 78.9 Å². The van der Waals surface area contributed by atoms with Crippen LogP contribution in [0.1, 0.15) is 40.9 Å². The number of methoxy groups -OCH3 is 1. The van der Waals surface area contributed by atoms with Crippen LogP contribution in [0.25, 0.3) is 0 Å². The molecule has 0 saturated heterocycles. The quantitative estimate of drug-likeness (QED) is 0.759. The Kier molecular flexibility index (Phi) is 5.11. The SMILES string of the molecule is CCOc1ccc([C@H](CC(=O)[O-])N2Cc3ccccc3C2=O)cc1OC. The first-order chi connectivity index (χ1) is 12.5. The lowest BCUT2D eigenvalue weighted by Gasteiger charge is -2.29. The van der Waals surface area contributed by atoms with Gasteiger partial charge in [-0.3, -0.25) is 4.79 Å². The van der Waals surface area contributed by atoms with Crippen molar-refractivity contribution in [1.29, 1.82) is 0 Å². The fourth-order valence-electron chi connectivity index (χ4n) is 3.26. The summed E-state index contributed by atoms with van der Waals surface area (Å²) in [7, 11) is 1.52. The van der Waals surface area contributed by atoms with E-state index >= 15 is 0 Å². The summed E-state index contributed by atoms with van der Waals surface area (Å²) in [6, 6.07) is 11.9. The Hall–Kier alpha value is -3.02. The van der Waals surface area contributed by atoms with Gasteiger partial charge in [-0.15, -0.1) is 0 Å². The molecule has 0 saturated carbocycles. The molecule has 0 fully saturated rings. The highest BCUT2D eigenvalue weighted by atomic mass is 16.5. The van der Waals surface area contributed by atoms with Crippen molar-refractivity contribution in [3.8, 4) is 11.5 Å². The average molecular weight is 354 g/mol. The number of rotatable bonds is 7. The van der Waals surface area contributed by atoms with Crippen molar-refractivity contribution in [3.63, 3.8) is 0 Å². The molecule has 1 aliphatic rings.